The predicted octanol–water partition coefficient (Wildman–Crippen LogP) is 1.69. The maximum absolute atomic E-state index is 11.7. The van der Waals surface area contributed by atoms with Crippen LogP contribution in [-0.2, 0) is 16.0 Å². The fourth-order valence-electron chi connectivity index (χ4n) is 2.03. The summed E-state index contributed by atoms with van der Waals surface area (Å²) in [5.41, 5.74) is 1.99. The second-order valence-corrected chi connectivity index (χ2v) is 4.26. The van der Waals surface area contributed by atoms with Crippen molar-refractivity contribution >= 4 is 17.6 Å². The van der Waals surface area contributed by atoms with Crippen LogP contribution in [-0.4, -0.2) is 23.5 Å². The third kappa shape index (κ3) is 2.30. The maximum atomic E-state index is 11.7. The Morgan fingerprint density at radius 2 is 2.06 bits per heavy atom. The zero-order chi connectivity index (χ0) is 12.4. The van der Waals surface area contributed by atoms with E-state index in [0.717, 1.165) is 12.1 Å². The van der Waals surface area contributed by atoms with Crippen molar-refractivity contribution in [3.63, 3.8) is 0 Å². The molecule has 4 nitrogen and oxygen atoms in total. The highest BCUT2D eigenvalue weighted by molar-refractivity contribution is 5.99. The first-order valence-electron chi connectivity index (χ1n) is 5.74. The van der Waals surface area contributed by atoms with E-state index in [0.29, 0.717) is 0 Å². The quantitative estimate of drug-likeness (QED) is 0.864. The van der Waals surface area contributed by atoms with Crippen LogP contribution in [0.2, 0.25) is 0 Å². The van der Waals surface area contributed by atoms with Crippen LogP contribution in [0.4, 0.5) is 5.69 Å². The van der Waals surface area contributed by atoms with Crippen LogP contribution in [0.3, 0.4) is 0 Å². The van der Waals surface area contributed by atoms with Crippen LogP contribution in [0.1, 0.15) is 18.9 Å². The highest BCUT2D eigenvalue weighted by atomic mass is 16.4. The molecule has 1 aromatic rings. The van der Waals surface area contributed by atoms with Gasteiger partial charge in [-0.3, -0.25) is 9.59 Å². The maximum Gasteiger partial charge on any atom is 0.308 e. The number of aliphatic carboxylic acids is 1. The normalized spacial score (nSPS) is 19.7. The largest absolute Gasteiger partial charge is 0.481 e. The zero-order valence-corrected chi connectivity index (χ0v) is 9.72. The topological polar surface area (TPSA) is 57.6 Å². The molecule has 17 heavy (non-hydrogen) atoms. The summed E-state index contributed by atoms with van der Waals surface area (Å²) in [4.78, 5) is 24.1. The first-order chi connectivity index (χ1) is 8.11. The molecule has 1 aliphatic rings. The zero-order valence-electron chi connectivity index (χ0n) is 9.72. The van der Waals surface area contributed by atoms with E-state index in [1.54, 1.807) is 4.90 Å². The van der Waals surface area contributed by atoms with Gasteiger partial charge in [0, 0.05) is 18.7 Å². The van der Waals surface area contributed by atoms with Gasteiger partial charge in [-0.15, -0.1) is 0 Å². The van der Waals surface area contributed by atoms with Gasteiger partial charge >= 0.3 is 5.97 Å². The van der Waals surface area contributed by atoms with Crippen LogP contribution >= 0.6 is 0 Å². The Hall–Kier alpha value is -1.84. The van der Waals surface area contributed by atoms with Crippen molar-refractivity contribution in [3.8, 4) is 0 Å². The lowest BCUT2D eigenvalue weighted by Gasteiger charge is -2.16. The molecular formula is C13H15NO3. The molecule has 2 rings (SSSR count). The summed E-state index contributed by atoms with van der Waals surface area (Å²) in [6.07, 6.45) is 1.05. The lowest BCUT2D eigenvalue weighted by atomic mass is 10.1. The van der Waals surface area contributed by atoms with Crippen LogP contribution in [0.25, 0.3) is 0 Å². The lowest BCUT2D eigenvalue weighted by Crippen LogP contribution is -2.25. The fourth-order valence-corrected chi connectivity index (χ4v) is 2.03. The molecule has 1 saturated heterocycles. The molecule has 1 fully saturated rings. The van der Waals surface area contributed by atoms with Gasteiger partial charge in [0.25, 0.3) is 0 Å². The monoisotopic (exact) mass is 233 g/mol. The van der Waals surface area contributed by atoms with E-state index in [9.17, 15) is 9.59 Å². The number of carbonyl (C=O) groups excluding carboxylic acids is 1. The number of rotatable bonds is 3. The van der Waals surface area contributed by atoms with Crippen LogP contribution in [0.15, 0.2) is 24.3 Å². The van der Waals surface area contributed by atoms with Gasteiger partial charge < -0.3 is 10.0 Å². The number of carboxylic acids is 1. The van der Waals surface area contributed by atoms with Gasteiger partial charge in [0.05, 0.1) is 5.92 Å². The molecule has 1 heterocycles. The van der Waals surface area contributed by atoms with E-state index in [1.807, 2.05) is 24.3 Å². The molecule has 1 aromatic carbocycles. The van der Waals surface area contributed by atoms with Gasteiger partial charge in [0.15, 0.2) is 0 Å². The Balaban J connectivity index is 2.17. The van der Waals surface area contributed by atoms with Crippen molar-refractivity contribution in [2.24, 2.45) is 5.92 Å². The number of benzene rings is 1. The second-order valence-electron chi connectivity index (χ2n) is 4.26. The molecular weight excluding hydrogens is 218 g/mol. The molecule has 0 aromatic heterocycles. The average molecular weight is 233 g/mol. The van der Waals surface area contributed by atoms with Crippen molar-refractivity contribution in [2.45, 2.75) is 19.8 Å². The summed E-state index contributed by atoms with van der Waals surface area (Å²) in [7, 11) is 0. The van der Waals surface area contributed by atoms with Gasteiger partial charge in [-0.2, -0.15) is 0 Å². The molecule has 1 N–H and O–H groups in total. The van der Waals surface area contributed by atoms with Gasteiger partial charge in [-0.1, -0.05) is 19.1 Å². The first-order valence-corrected chi connectivity index (χ1v) is 5.74. The van der Waals surface area contributed by atoms with Crippen molar-refractivity contribution in [2.75, 3.05) is 11.4 Å². The molecule has 90 valence electrons. The smallest absolute Gasteiger partial charge is 0.308 e. The van der Waals surface area contributed by atoms with Gasteiger partial charge in [-0.05, 0) is 24.1 Å². The van der Waals surface area contributed by atoms with Crippen molar-refractivity contribution in [1.82, 2.24) is 0 Å². The summed E-state index contributed by atoms with van der Waals surface area (Å²) >= 11 is 0. The molecule has 0 spiro atoms. The lowest BCUT2D eigenvalue weighted by molar-refractivity contribution is -0.141. The number of anilines is 1. The number of carboxylic acid groups (broad SMARTS) is 1. The molecule has 4 heteroatoms. The van der Waals surface area contributed by atoms with E-state index in [2.05, 4.69) is 6.92 Å². The Bertz CT molecular complexity index is 438. The van der Waals surface area contributed by atoms with E-state index >= 15 is 0 Å². The van der Waals surface area contributed by atoms with Crippen molar-refractivity contribution in [1.29, 1.82) is 0 Å². The fraction of sp³-hybridized carbons (Fsp3) is 0.385. The van der Waals surface area contributed by atoms with Crippen LogP contribution < -0.4 is 4.90 Å². The number of amides is 1. The van der Waals surface area contributed by atoms with Gasteiger partial charge in [0.2, 0.25) is 5.91 Å². The first kappa shape index (κ1) is 11.6. The minimum atomic E-state index is -0.897. The standard InChI is InChI=1S/C13H15NO3/c1-2-9-3-5-11(6-4-9)14-8-10(13(16)17)7-12(14)15/h3-6,10H,2,7-8H2,1H3,(H,16,17)/t10-/m1/s1. The number of carbonyl (C=O) groups is 2. The molecule has 1 aliphatic heterocycles. The van der Waals surface area contributed by atoms with Gasteiger partial charge in [0.1, 0.15) is 0 Å². The second kappa shape index (κ2) is 4.57. The minimum absolute atomic E-state index is 0.102. The Morgan fingerprint density at radius 3 is 2.53 bits per heavy atom. The summed E-state index contributed by atoms with van der Waals surface area (Å²) < 4.78 is 0. The Kier molecular flexibility index (Phi) is 3.13. The predicted molar refractivity (Wildman–Crippen MR) is 63.9 cm³/mol. The van der Waals surface area contributed by atoms with Gasteiger partial charge in [-0.25, -0.2) is 0 Å². The van der Waals surface area contributed by atoms with Crippen LogP contribution in [0.5, 0.6) is 0 Å². The number of aryl methyl sites for hydroxylation is 1. The highest BCUT2D eigenvalue weighted by Gasteiger charge is 2.34. The van der Waals surface area contributed by atoms with E-state index in [-0.39, 0.29) is 18.9 Å². The molecule has 0 saturated carbocycles. The Morgan fingerprint density at radius 1 is 1.41 bits per heavy atom. The number of nitrogens with zero attached hydrogens (tertiary/aromatic N) is 1. The van der Waals surface area contributed by atoms with Crippen molar-refractivity contribution < 1.29 is 14.7 Å². The number of hydrogen-bond acceptors (Lipinski definition) is 2. The summed E-state index contributed by atoms with van der Waals surface area (Å²) in [5, 5.41) is 8.90. The third-order valence-electron chi connectivity index (χ3n) is 3.13. The van der Waals surface area contributed by atoms with Crippen molar-refractivity contribution in [3.05, 3.63) is 29.8 Å². The van der Waals surface area contributed by atoms with E-state index in [1.165, 1.54) is 5.56 Å². The minimum Gasteiger partial charge on any atom is -0.481 e. The molecule has 0 radical (unpaired) electrons. The summed E-state index contributed by atoms with van der Waals surface area (Å²) in [6, 6.07) is 7.69. The molecule has 1 amide bonds. The van der Waals surface area contributed by atoms with E-state index < -0.39 is 11.9 Å². The SMILES string of the molecule is CCc1ccc(N2C[C@H](C(=O)O)CC2=O)cc1. The molecule has 1 atom stereocenters. The Labute approximate surface area is 99.9 Å². The summed E-state index contributed by atoms with van der Waals surface area (Å²) in [6.45, 7) is 2.34. The van der Waals surface area contributed by atoms with Crippen LogP contribution in [0, 0.1) is 5.92 Å². The van der Waals surface area contributed by atoms with E-state index in [4.69, 9.17) is 5.11 Å². The molecule has 0 bridgehead atoms. The number of hydrogen-bond donors (Lipinski definition) is 1. The molecule has 0 aliphatic carbocycles. The summed E-state index contributed by atoms with van der Waals surface area (Å²) in [5.74, 6) is -1.58. The third-order valence-corrected chi connectivity index (χ3v) is 3.13. The molecule has 0 unspecified atom stereocenters. The average Bonchev–Trinajstić information content (AvgIpc) is 2.72. The highest BCUT2D eigenvalue weighted by Crippen LogP contribution is 2.25.